The van der Waals surface area contributed by atoms with E-state index in [1.807, 2.05) is 14.0 Å². The van der Waals surface area contributed by atoms with Gasteiger partial charge in [-0.05, 0) is 45.8 Å². The van der Waals surface area contributed by atoms with Crippen LogP contribution in [-0.4, -0.2) is 55.1 Å². The summed E-state index contributed by atoms with van der Waals surface area (Å²) in [6.45, 7) is 6.25. The van der Waals surface area contributed by atoms with Crippen molar-refractivity contribution in [2.45, 2.75) is 38.6 Å². The van der Waals surface area contributed by atoms with E-state index < -0.39 is 0 Å². The van der Waals surface area contributed by atoms with Crippen LogP contribution in [0.5, 0.6) is 0 Å². The molecule has 1 heterocycles. The number of amides is 2. The highest BCUT2D eigenvalue weighted by atomic mass is 16.2. The van der Waals surface area contributed by atoms with Gasteiger partial charge in [0.25, 0.3) is 0 Å². The van der Waals surface area contributed by atoms with Crippen molar-refractivity contribution in [2.24, 2.45) is 0 Å². The zero-order valence-electron chi connectivity index (χ0n) is 11.6. The summed E-state index contributed by atoms with van der Waals surface area (Å²) in [5.41, 5.74) is 0. The first kappa shape index (κ1) is 14.8. The first-order chi connectivity index (χ1) is 8.63. The molecular formula is C14H25N3O. The standard InChI is InChI=1S/C14H25N3O/c1-4-8-13(2)15-14(18)16(3)9-7-12-17-10-5-6-11-17/h1,13H,5-12H2,2-3H3,(H,15,18). The predicted octanol–water partition coefficient (Wildman–Crippen LogP) is 1.53. The van der Waals surface area contributed by atoms with Crippen LogP contribution in [0.2, 0.25) is 0 Å². The molecule has 0 aromatic heterocycles. The Hall–Kier alpha value is -1.21. The minimum absolute atomic E-state index is 0.0285. The quantitative estimate of drug-likeness (QED) is 0.727. The number of terminal acetylenes is 1. The van der Waals surface area contributed by atoms with Gasteiger partial charge < -0.3 is 15.1 Å². The average molecular weight is 251 g/mol. The molecule has 4 nitrogen and oxygen atoms in total. The summed E-state index contributed by atoms with van der Waals surface area (Å²) in [6, 6.07) is 0.0164. The predicted molar refractivity (Wildman–Crippen MR) is 74.4 cm³/mol. The Balaban J connectivity index is 2.13. The van der Waals surface area contributed by atoms with Crippen molar-refractivity contribution in [2.75, 3.05) is 33.2 Å². The second-order valence-electron chi connectivity index (χ2n) is 5.08. The van der Waals surface area contributed by atoms with Crippen molar-refractivity contribution in [3.63, 3.8) is 0 Å². The second kappa shape index (κ2) is 7.99. The van der Waals surface area contributed by atoms with Gasteiger partial charge in [0.05, 0.1) is 0 Å². The molecule has 0 aliphatic carbocycles. The smallest absolute Gasteiger partial charge is 0.317 e. The molecule has 1 atom stereocenters. The number of carbonyl (C=O) groups is 1. The summed E-state index contributed by atoms with van der Waals surface area (Å²) >= 11 is 0. The van der Waals surface area contributed by atoms with Crippen LogP contribution in [-0.2, 0) is 0 Å². The number of nitrogens with zero attached hydrogens (tertiary/aromatic N) is 2. The van der Waals surface area contributed by atoms with Gasteiger partial charge in [0.1, 0.15) is 0 Å². The number of hydrogen-bond acceptors (Lipinski definition) is 2. The van der Waals surface area contributed by atoms with Gasteiger partial charge in [0, 0.05) is 26.1 Å². The highest BCUT2D eigenvalue weighted by molar-refractivity contribution is 5.74. The lowest BCUT2D eigenvalue weighted by Crippen LogP contribution is -2.42. The van der Waals surface area contributed by atoms with E-state index in [1.54, 1.807) is 4.90 Å². The fourth-order valence-electron chi connectivity index (χ4n) is 2.19. The maximum Gasteiger partial charge on any atom is 0.317 e. The van der Waals surface area contributed by atoms with Crippen molar-refractivity contribution in [1.82, 2.24) is 15.1 Å². The van der Waals surface area contributed by atoms with Crippen LogP contribution in [0, 0.1) is 12.3 Å². The first-order valence-corrected chi connectivity index (χ1v) is 6.81. The fourth-order valence-corrected chi connectivity index (χ4v) is 2.19. The van der Waals surface area contributed by atoms with E-state index in [1.165, 1.54) is 25.9 Å². The summed E-state index contributed by atoms with van der Waals surface area (Å²) in [6.07, 6.45) is 9.46. The van der Waals surface area contributed by atoms with Crippen molar-refractivity contribution in [1.29, 1.82) is 0 Å². The Bertz CT molecular complexity index is 292. The Labute approximate surface area is 111 Å². The molecule has 102 valence electrons. The van der Waals surface area contributed by atoms with Gasteiger partial charge in [-0.15, -0.1) is 12.3 Å². The van der Waals surface area contributed by atoms with Crippen molar-refractivity contribution in [3.05, 3.63) is 0 Å². The molecule has 18 heavy (non-hydrogen) atoms. The van der Waals surface area contributed by atoms with Crippen molar-refractivity contribution in [3.8, 4) is 12.3 Å². The van der Waals surface area contributed by atoms with Crippen LogP contribution in [0.15, 0.2) is 0 Å². The lowest BCUT2D eigenvalue weighted by Gasteiger charge is -2.22. The SMILES string of the molecule is C#CCC(C)NC(=O)N(C)CCCN1CCCC1. The lowest BCUT2D eigenvalue weighted by molar-refractivity contribution is 0.202. The number of carbonyl (C=O) groups excluding carboxylic acids is 1. The van der Waals surface area contributed by atoms with E-state index in [0.29, 0.717) is 6.42 Å². The van der Waals surface area contributed by atoms with Crippen LogP contribution in [0.3, 0.4) is 0 Å². The Kier molecular flexibility index (Phi) is 6.59. The monoisotopic (exact) mass is 251 g/mol. The second-order valence-corrected chi connectivity index (χ2v) is 5.08. The Morgan fingerprint density at radius 2 is 2.17 bits per heavy atom. The molecule has 2 amide bonds. The summed E-state index contributed by atoms with van der Waals surface area (Å²) in [4.78, 5) is 16.0. The lowest BCUT2D eigenvalue weighted by atomic mass is 10.2. The van der Waals surface area contributed by atoms with E-state index in [9.17, 15) is 4.79 Å². The number of nitrogens with one attached hydrogen (secondary N) is 1. The minimum atomic E-state index is -0.0285. The van der Waals surface area contributed by atoms with Gasteiger partial charge in [-0.3, -0.25) is 0 Å². The Morgan fingerprint density at radius 3 is 2.78 bits per heavy atom. The third kappa shape index (κ3) is 5.42. The van der Waals surface area contributed by atoms with Crippen LogP contribution in [0.25, 0.3) is 0 Å². The van der Waals surface area contributed by atoms with Crippen LogP contribution in [0.1, 0.15) is 32.6 Å². The molecule has 1 aliphatic rings. The number of hydrogen-bond donors (Lipinski definition) is 1. The van der Waals surface area contributed by atoms with Crippen LogP contribution < -0.4 is 5.32 Å². The highest BCUT2D eigenvalue weighted by Gasteiger charge is 2.13. The minimum Gasteiger partial charge on any atom is -0.335 e. The molecule has 1 fully saturated rings. The van der Waals surface area contributed by atoms with E-state index in [0.717, 1.165) is 19.5 Å². The fraction of sp³-hybridized carbons (Fsp3) is 0.786. The molecule has 0 bridgehead atoms. The van der Waals surface area contributed by atoms with E-state index in [4.69, 9.17) is 6.42 Å². The van der Waals surface area contributed by atoms with Crippen LogP contribution >= 0.6 is 0 Å². The van der Waals surface area contributed by atoms with Gasteiger partial charge in [-0.1, -0.05) is 0 Å². The molecular weight excluding hydrogens is 226 g/mol. The Morgan fingerprint density at radius 1 is 1.50 bits per heavy atom. The van der Waals surface area contributed by atoms with Crippen molar-refractivity contribution >= 4 is 6.03 Å². The largest absolute Gasteiger partial charge is 0.335 e. The molecule has 0 aromatic rings. The van der Waals surface area contributed by atoms with Crippen molar-refractivity contribution < 1.29 is 4.79 Å². The van der Waals surface area contributed by atoms with E-state index in [-0.39, 0.29) is 12.1 Å². The molecule has 0 aromatic carbocycles. The summed E-state index contributed by atoms with van der Waals surface area (Å²) in [7, 11) is 1.84. The molecule has 1 unspecified atom stereocenters. The molecule has 4 heteroatoms. The highest BCUT2D eigenvalue weighted by Crippen LogP contribution is 2.07. The zero-order chi connectivity index (χ0) is 13.4. The van der Waals surface area contributed by atoms with Gasteiger partial charge in [-0.2, -0.15) is 0 Å². The van der Waals surface area contributed by atoms with Gasteiger partial charge >= 0.3 is 6.03 Å². The number of likely N-dealkylation sites (tertiary alicyclic amines) is 1. The molecule has 0 spiro atoms. The third-order valence-electron chi connectivity index (χ3n) is 3.31. The maximum absolute atomic E-state index is 11.8. The average Bonchev–Trinajstić information content (AvgIpc) is 2.82. The number of rotatable bonds is 6. The summed E-state index contributed by atoms with van der Waals surface area (Å²) in [5.74, 6) is 2.55. The topological polar surface area (TPSA) is 35.6 Å². The zero-order valence-corrected chi connectivity index (χ0v) is 11.6. The maximum atomic E-state index is 11.8. The first-order valence-electron chi connectivity index (χ1n) is 6.81. The normalized spacial score (nSPS) is 17.2. The number of urea groups is 1. The molecule has 1 saturated heterocycles. The molecule has 1 N–H and O–H groups in total. The molecule has 0 radical (unpaired) electrons. The molecule has 1 aliphatic heterocycles. The summed E-state index contributed by atoms with van der Waals surface area (Å²) < 4.78 is 0. The molecule has 0 saturated carbocycles. The van der Waals surface area contributed by atoms with Gasteiger partial charge in [-0.25, -0.2) is 4.79 Å². The van der Waals surface area contributed by atoms with Gasteiger partial charge in [0.15, 0.2) is 0 Å². The van der Waals surface area contributed by atoms with Crippen LogP contribution in [0.4, 0.5) is 4.79 Å². The molecule has 1 rings (SSSR count). The van der Waals surface area contributed by atoms with Gasteiger partial charge in [0.2, 0.25) is 0 Å². The van der Waals surface area contributed by atoms with E-state index in [2.05, 4.69) is 16.1 Å². The van der Waals surface area contributed by atoms with E-state index >= 15 is 0 Å². The summed E-state index contributed by atoms with van der Waals surface area (Å²) in [5, 5.41) is 2.89. The third-order valence-corrected chi connectivity index (χ3v) is 3.31.